The lowest BCUT2D eigenvalue weighted by Gasteiger charge is -2.00. The topological polar surface area (TPSA) is 93.8 Å². The van der Waals surface area contributed by atoms with E-state index in [9.17, 15) is 4.79 Å². The quantitative estimate of drug-likeness (QED) is 0.773. The number of thioether (sulfide) groups is 1. The molecule has 0 radical (unpaired) electrons. The van der Waals surface area contributed by atoms with Crippen LogP contribution in [0.3, 0.4) is 0 Å². The molecule has 0 amide bonds. The summed E-state index contributed by atoms with van der Waals surface area (Å²) in [5.74, 6) is 0.572. The van der Waals surface area contributed by atoms with E-state index in [1.54, 1.807) is 10.1 Å². The molecule has 0 spiro atoms. The van der Waals surface area contributed by atoms with Crippen LogP contribution in [0.2, 0.25) is 0 Å². The van der Waals surface area contributed by atoms with Crippen LogP contribution in [-0.4, -0.2) is 36.3 Å². The van der Waals surface area contributed by atoms with Gasteiger partial charge in [-0.05, 0) is 16.8 Å². The first-order valence-electron chi connectivity index (χ1n) is 5.73. The number of aryl methyl sites for hydroxylation is 1. The Hall–Kier alpha value is -1.48. The van der Waals surface area contributed by atoms with Gasteiger partial charge in [-0.2, -0.15) is 0 Å². The molecule has 0 aliphatic rings. The number of tetrazole rings is 1. The van der Waals surface area contributed by atoms with Crippen LogP contribution in [-0.2, 0) is 23.5 Å². The van der Waals surface area contributed by atoms with Crippen LogP contribution in [0.5, 0.6) is 0 Å². The Morgan fingerprint density at radius 1 is 1.58 bits per heavy atom. The van der Waals surface area contributed by atoms with Crippen molar-refractivity contribution in [1.82, 2.24) is 25.2 Å². The highest BCUT2D eigenvalue weighted by molar-refractivity contribution is 8.00. The first-order chi connectivity index (χ1) is 9.19. The lowest BCUT2D eigenvalue weighted by Crippen LogP contribution is -2.04. The molecule has 1 N–H and O–H groups in total. The van der Waals surface area contributed by atoms with Crippen molar-refractivity contribution in [1.29, 1.82) is 0 Å². The molecule has 2 aromatic heterocycles. The molecule has 102 valence electrons. The largest absolute Gasteiger partial charge is 0.481 e. The first kappa shape index (κ1) is 13.9. The van der Waals surface area contributed by atoms with Gasteiger partial charge in [-0.25, -0.2) is 9.67 Å². The lowest BCUT2D eigenvalue weighted by molar-refractivity contribution is -0.136. The second-order valence-corrected chi connectivity index (χ2v) is 5.86. The molecule has 0 bridgehead atoms. The van der Waals surface area contributed by atoms with Gasteiger partial charge >= 0.3 is 5.97 Å². The fourth-order valence-electron chi connectivity index (χ4n) is 1.43. The Morgan fingerprint density at radius 2 is 2.42 bits per heavy atom. The smallest absolute Gasteiger partial charge is 0.309 e. The third-order valence-corrected chi connectivity index (χ3v) is 4.30. The Balaban J connectivity index is 1.92. The number of thiazole rings is 1. The summed E-state index contributed by atoms with van der Waals surface area (Å²) in [5.41, 5.74) is 0.591. The fraction of sp³-hybridized carbons (Fsp3) is 0.500. The number of hydrogen-bond donors (Lipinski definition) is 1. The van der Waals surface area contributed by atoms with Gasteiger partial charge in [0, 0.05) is 11.9 Å². The van der Waals surface area contributed by atoms with Crippen LogP contribution in [0.4, 0.5) is 0 Å². The van der Waals surface area contributed by atoms with E-state index < -0.39 is 5.97 Å². The monoisotopic (exact) mass is 299 g/mol. The van der Waals surface area contributed by atoms with Crippen LogP contribution in [0, 0.1) is 0 Å². The molecule has 0 aliphatic heterocycles. The molecule has 0 fully saturated rings. The van der Waals surface area contributed by atoms with Gasteiger partial charge in [0.2, 0.25) is 0 Å². The van der Waals surface area contributed by atoms with Gasteiger partial charge in [-0.1, -0.05) is 18.7 Å². The summed E-state index contributed by atoms with van der Waals surface area (Å²) < 4.78 is 2.61. The highest BCUT2D eigenvalue weighted by atomic mass is 32.2. The van der Waals surface area contributed by atoms with Crippen LogP contribution >= 0.6 is 23.1 Å². The highest BCUT2D eigenvalue weighted by Gasteiger charge is 2.10. The van der Waals surface area contributed by atoms with Gasteiger partial charge in [0.05, 0.1) is 17.9 Å². The SMILES string of the molecule is CCCn1nnnc1CSc1nc(CC(=O)O)cs1. The summed E-state index contributed by atoms with van der Waals surface area (Å²) in [5, 5.41) is 22.0. The molecule has 0 saturated carbocycles. The summed E-state index contributed by atoms with van der Waals surface area (Å²) >= 11 is 2.96. The van der Waals surface area contributed by atoms with Gasteiger partial charge in [-0.15, -0.1) is 16.4 Å². The zero-order valence-electron chi connectivity index (χ0n) is 10.3. The number of nitrogens with zero attached hydrogens (tertiary/aromatic N) is 5. The number of carboxylic acids is 1. The molecule has 0 aliphatic carbocycles. The maximum absolute atomic E-state index is 10.6. The van der Waals surface area contributed by atoms with Crippen molar-refractivity contribution in [2.75, 3.05) is 0 Å². The van der Waals surface area contributed by atoms with Crippen molar-refractivity contribution >= 4 is 29.1 Å². The van der Waals surface area contributed by atoms with E-state index in [-0.39, 0.29) is 6.42 Å². The maximum atomic E-state index is 10.6. The van der Waals surface area contributed by atoms with Crippen LogP contribution < -0.4 is 0 Å². The summed E-state index contributed by atoms with van der Waals surface area (Å²) in [6.45, 7) is 2.86. The molecular weight excluding hydrogens is 286 g/mol. The Morgan fingerprint density at radius 3 is 3.16 bits per heavy atom. The lowest BCUT2D eigenvalue weighted by atomic mass is 10.3. The van der Waals surface area contributed by atoms with Crippen molar-refractivity contribution in [3.8, 4) is 0 Å². The van der Waals surface area contributed by atoms with E-state index in [0.29, 0.717) is 11.4 Å². The minimum Gasteiger partial charge on any atom is -0.481 e. The predicted octanol–water partition coefficient (Wildman–Crippen LogP) is 1.46. The molecule has 19 heavy (non-hydrogen) atoms. The number of carbonyl (C=O) groups is 1. The number of carboxylic acid groups (broad SMARTS) is 1. The molecule has 0 saturated heterocycles. The van der Waals surface area contributed by atoms with Gasteiger partial charge in [0.15, 0.2) is 10.2 Å². The second-order valence-electron chi connectivity index (χ2n) is 3.78. The van der Waals surface area contributed by atoms with Crippen molar-refractivity contribution in [2.45, 2.75) is 36.4 Å². The molecule has 2 heterocycles. The average Bonchev–Trinajstić information content (AvgIpc) is 2.96. The van der Waals surface area contributed by atoms with E-state index in [1.807, 2.05) is 0 Å². The molecule has 9 heteroatoms. The van der Waals surface area contributed by atoms with Crippen LogP contribution in [0.25, 0.3) is 0 Å². The van der Waals surface area contributed by atoms with Crippen molar-refractivity contribution < 1.29 is 9.90 Å². The van der Waals surface area contributed by atoms with Gasteiger partial charge in [-0.3, -0.25) is 4.79 Å². The standard InChI is InChI=1S/C10H13N5O2S2/c1-2-3-15-8(12-13-14-15)6-19-10-11-7(5-18-10)4-9(16)17/h5H,2-4,6H2,1H3,(H,16,17). The van der Waals surface area contributed by atoms with E-state index in [2.05, 4.69) is 27.4 Å². The molecular formula is C10H13N5O2S2. The Bertz CT molecular complexity index is 554. The Labute approximate surface area is 118 Å². The average molecular weight is 299 g/mol. The minimum atomic E-state index is -0.867. The second kappa shape index (κ2) is 6.62. The van der Waals surface area contributed by atoms with Crippen LogP contribution in [0.1, 0.15) is 24.9 Å². The summed E-state index contributed by atoms with van der Waals surface area (Å²) in [4.78, 5) is 14.8. The third-order valence-electron chi connectivity index (χ3n) is 2.23. The number of aliphatic carboxylic acids is 1. The number of aromatic nitrogens is 5. The van der Waals surface area contributed by atoms with Crippen molar-refractivity contribution in [2.24, 2.45) is 0 Å². The van der Waals surface area contributed by atoms with Crippen molar-refractivity contribution in [3.63, 3.8) is 0 Å². The number of hydrogen-bond acceptors (Lipinski definition) is 7. The third kappa shape index (κ3) is 4.00. The minimum absolute atomic E-state index is 0.0371. The van der Waals surface area contributed by atoms with E-state index in [0.717, 1.165) is 23.1 Å². The molecule has 0 unspecified atom stereocenters. The van der Waals surface area contributed by atoms with E-state index in [4.69, 9.17) is 5.11 Å². The highest BCUT2D eigenvalue weighted by Crippen LogP contribution is 2.25. The summed E-state index contributed by atoms with van der Waals surface area (Å²) in [6.07, 6.45) is 0.938. The zero-order chi connectivity index (χ0) is 13.7. The van der Waals surface area contributed by atoms with E-state index in [1.165, 1.54) is 23.1 Å². The Kier molecular flexibility index (Phi) is 4.86. The van der Waals surface area contributed by atoms with Gasteiger partial charge < -0.3 is 5.11 Å². The van der Waals surface area contributed by atoms with Crippen LogP contribution in [0.15, 0.2) is 9.72 Å². The normalized spacial score (nSPS) is 10.8. The first-order valence-corrected chi connectivity index (χ1v) is 7.59. The molecule has 2 rings (SSSR count). The molecule has 2 aromatic rings. The molecule has 0 aromatic carbocycles. The predicted molar refractivity (Wildman–Crippen MR) is 71.1 cm³/mol. The van der Waals surface area contributed by atoms with Crippen molar-refractivity contribution in [3.05, 3.63) is 16.9 Å². The van der Waals surface area contributed by atoms with Gasteiger partial charge in [0.25, 0.3) is 0 Å². The zero-order valence-corrected chi connectivity index (χ0v) is 11.9. The fourth-order valence-corrected chi connectivity index (χ4v) is 3.21. The summed E-state index contributed by atoms with van der Waals surface area (Å²) in [7, 11) is 0. The maximum Gasteiger partial charge on any atom is 0.309 e. The molecule has 0 atom stereocenters. The van der Waals surface area contributed by atoms with E-state index >= 15 is 0 Å². The summed E-state index contributed by atoms with van der Waals surface area (Å²) in [6, 6.07) is 0. The number of rotatable bonds is 7. The van der Waals surface area contributed by atoms with Gasteiger partial charge in [0.1, 0.15) is 0 Å². The molecule has 7 nitrogen and oxygen atoms in total.